The smallest absolute Gasteiger partial charge is 0.220 e. The number of rotatable bonds is 5. The Balaban J connectivity index is 2.42. The fourth-order valence-electron chi connectivity index (χ4n) is 1.73. The first-order valence-corrected chi connectivity index (χ1v) is 5.57. The zero-order valence-electron chi connectivity index (χ0n) is 9.62. The summed E-state index contributed by atoms with van der Waals surface area (Å²) in [5.41, 5.74) is -0.549. The number of aliphatic hydroxyl groups excluding tert-OH is 1. The van der Waals surface area contributed by atoms with E-state index in [4.69, 9.17) is 4.74 Å². The molecule has 1 fully saturated rings. The first-order valence-electron chi connectivity index (χ1n) is 5.57. The monoisotopic (exact) mass is 229 g/mol. The molecule has 16 heavy (non-hydrogen) atoms. The topological polar surface area (TPSA) is 75.6 Å². The van der Waals surface area contributed by atoms with Gasteiger partial charge in [-0.2, -0.15) is 0 Å². The summed E-state index contributed by atoms with van der Waals surface area (Å²) < 4.78 is 5.19. The SMILES string of the molecule is CC(=O)CCC(=O)NC1(CO)CCOCC1. The van der Waals surface area contributed by atoms with Gasteiger partial charge in [-0.3, -0.25) is 4.79 Å². The third-order valence-electron chi connectivity index (χ3n) is 2.86. The summed E-state index contributed by atoms with van der Waals surface area (Å²) in [5, 5.41) is 12.1. The molecule has 1 amide bonds. The molecule has 0 spiro atoms. The Morgan fingerprint density at radius 2 is 1.94 bits per heavy atom. The summed E-state index contributed by atoms with van der Waals surface area (Å²) in [6.07, 6.45) is 1.69. The van der Waals surface area contributed by atoms with E-state index in [2.05, 4.69) is 5.32 Å². The lowest BCUT2D eigenvalue weighted by Gasteiger charge is -2.36. The van der Waals surface area contributed by atoms with Crippen molar-refractivity contribution >= 4 is 11.7 Å². The van der Waals surface area contributed by atoms with E-state index in [9.17, 15) is 14.7 Å². The van der Waals surface area contributed by atoms with Crippen molar-refractivity contribution < 1.29 is 19.4 Å². The Morgan fingerprint density at radius 3 is 2.44 bits per heavy atom. The predicted octanol–water partition coefficient (Wildman–Crippen LogP) is 0.0133. The Morgan fingerprint density at radius 1 is 1.31 bits per heavy atom. The van der Waals surface area contributed by atoms with E-state index >= 15 is 0 Å². The van der Waals surface area contributed by atoms with Crippen LogP contribution in [0.15, 0.2) is 0 Å². The van der Waals surface area contributed by atoms with Crippen molar-refractivity contribution in [2.75, 3.05) is 19.8 Å². The lowest BCUT2D eigenvalue weighted by molar-refractivity contribution is -0.127. The molecule has 1 heterocycles. The number of amides is 1. The van der Waals surface area contributed by atoms with E-state index in [1.165, 1.54) is 6.92 Å². The van der Waals surface area contributed by atoms with Crippen LogP contribution < -0.4 is 5.32 Å². The van der Waals surface area contributed by atoms with Crippen LogP contribution in [0.4, 0.5) is 0 Å². The Hall–Kier alpha value is -0.940. The van der Waals surface area contributed by atoms with E-state index in [-0.39, 0.29) is 31.1 Å². The van der Waals surface area contributed by atoms with Crippen LogP contribution in [0.25, 0.3) is 0 Å². The van der Waals surface area contributed by atoms with Gasteiger partial charge in [-0.05, 0) is 19.8 Å². The minimum absolute atomic E-state index is 0.000163. The zero-order chi connectivity index (χ0) is 12.0. The van der Waals surface area contributed by atoms with Gasteiger partial charge in [0, 0.05) is 26.1 Å². The number of hydrogen-bond donors (Lipinski definition) is 2. The molecular weight excluding hydrogens is 210 g/mol. The first kappa shape index (κ1) is 13.1. The second kappa shape index (κ2) is 5.96. The second-order valence-electron chi connectivity index (χ2n) is 4.30. The lowest BCUT2D eigenvalue weighted by atomic mass is 9.90. The summed E-state index contributed by atoms with van der Waals surface area (Å²) in [4.78, 5) is 22.3. The molecule has 1 saturated heterocycles. The normalized spacial score (nSPS) is 19.1. The highest BCUT2D eigenvalue weighted by molar-refractivity contribution is 5.83. The van der Waals surface area contributed by atoms with Gasteiger partial charge in [0.25, 0.3) is 0 Å². The summed E-state index contributed by atoms with van der Waals surface area (Å²) in [5.74, 6) is -0.175. The minimum atomic E-state index is -0.549. The Bertz CT molecular complexity index is 259. The predicted molar refractivity (Wildman–Crippen MR) is 57.9 cm³/mol. The molecule has 0 aliphatic carbocycles. The highest BCUT2D eigenvalue weighted by Crippen LogP contribution is 2.20. The Labute approximate surface area is 95.2 Å². The molecule has 1 rings (SSSR count). The molecule has 0 saturated carbocycles. The maximum atomic E-state index is 11.6. The van der Waals surface area contributed by atoms with Crippen LogP contribution in [0.2, 0.25) is 0 Å². The van der Waals surface area contributed by atoms with E-state index < -0.39 is 5.54 Å². The lowest BCUT2D eigenvalue weighted by Crippen LogP contribution is -2.54. The number of ketones is 1. The largest absolute Gasteiger partial charge is 0.394 e. The molecule has 2 N–H and O–H groups in total. The zero-order valence-corrected chi connectivity index (χ0v) is 9.62. The number of carbonyl (C=O) groups excluding carboxylic acids is 2. The van der Waals surface area contributed by atoms with Crippen molar-refractivity contribution in [2.45, 2.75) is 38.1 Å². The standard InChI is InChI=1S/C11H19NO4/c1-9(14)2-3-10(15)12-11(8-13)4-6-16-7-5-11/h13H,2-8H2,1H3,(H,12,15). The summed E-state index contributed by atoms with van der Waals surface area (Å²) in [6.45, 7) is 2.48. The van der Waals surface area contributed by atoms with E-state index in [1.807, 2.05) is 0 Å². The molecular formula is C11H19NO4. The third-order valence-corrected chi connectivity index (χ3v) is 2.86. The van der Waals surface area contributed by atoms with Crippen LogP contribution in [-0.2, 0) is 14.3 Å². The molecule has 0 aromatic rings. The number of ether oxygens (including phenoxy) is 1. The molecule has 0 aromatic heterocycles. The molecule has 0 radical (unpaired) electrons. The Kier molecular flexibility index (Phi) is 4.89. The first-order chi connectivity index (χ1) is 7.58. The number of carbonyl (C=O) groups is 2. The molecule has 92 valence electrons. The highest BCUT2D eigenvalue weighted by atomic mass is 16.5. The summed E-state index contributed by atoms with van der Waals surface area (Å²) >= 11 is 0. The molecule has 5 nitrogen and oxygen atoms in total. The van der Waals surface area contributed by atoms with Gasteiger partial charge in [-0.25, -0.2) is 0 Å². The van der Waals surface area contributed by atoms with Crippen LogP contribution in [0.5, 0.6) is 0 Å². The molecule has 0 unspecified atom stereocenters. The van der Waals surface area contributed by atoms with E-state index in [0.717, 1.165) is 0 Å². The molecule has 1 aliphatic rings. The quantitative estimate of drug-likeness (QED) is 0.696. The van der Waals surface area contributed by atoms with Gasteiger partial charge in [0.1, 0.15) is 5.78 Å². The van der Waals surface area contributed by atoms with Gasteiger partial charge in [-0.15, -0.1) is 0 Å². The second-order valence-corrected chi connectivity index (χ2v) is 4.30. The van der Waals surface area contributed by atoms with Crippen molar-refractivity contribution in [3.8, 4) is 0 Å². The fourth-order valence-corrected chi connectivity index (χ4v) is 1.73. The van der Waals surface area contributed by atoms with Gasteiger partial charge >= 0.3 is 0 Å². The van der Waals surface area contributed by atoms with Crippen LogP contribution in [-0.4, -0.2) is 42.2 Å². The molecule has 0 bridgehead atoms. The van der Waals surface area contributed by atoms with Crippen molar-refractivity contribution in [2.24, 2.45) is 0 Å². The van der Waals surface area contributed by atoms with Crippen LogP contribution in [0.3, 0.4) is 0 Å². The molecule has 0 aromatic carbocycles. The van der Waals surface area contributed by atoms with Gasteiger partial charge in [0.05, 0.1) is 12.1 Å². The van der Waals surface area contributed by atoms with E-state index in [1.54, 1.807) is 0 Å². The molecule has 0 atom stereocenters. The van der Waals surface area contributed by atoms with Crippen molar-refractivity contribution in [1.82, 2.24) is 5.32 Å². The molecule has 1 aliphatic heterocycles. The number of nitrogens with one attached hydrogen (secondary N) is 1. The molecule has 5 heteroatoms. The number of aliphatic hydroxyl groups is 1. The van der Waals surface area contributed by atoms with Gasteiger partial charge in [0.15, 0.2) is 0 Å². The number of hydrogen-bond acceptors (Lipinski definition) is 4. The van der Waals surface area contributed by atoms with Gasteiger partial charge in [-0.1, -0.05) is 0 Å². The highest BCUT2D eigenvalue weighted by Gasteiger charge is 2.33. The average Bonchev–Trinajstić information content (AvgIpc) is 2.28. The maximum absolute atomic E-state index is 11.6. The van der Waals surface area contributed by atoms with Crippen LogP contribution in [0, 0.1) is 0 Å². The van der Waals surface area contributed by atoms with E-state index in [0.29, 0.717) is 26.1 Å². The number of Topliss-reactive ketones (excluding diaryl/α,β-unsaturated/α-hetero) is 1. The average molecular weight is 229 g/mol. The van der Waals surface area contributed by atoms with Crippen molar-refractivity contribution in [3.05, 3.63) is 0 Å². The fraction of sp³-hybridized carbons (Fsp3) is 0.818. The van der Waals surface area contributed by atoms with Crippen molar-refractivity contribution in [3.63, 3.8) is 0 Å². The van der Waals surface area contributed by atoms with Crippen molar-refractivity contribution in [1.29, 1.82) is 0 Å². The van der Waals surface area contributed by atoms with Gasteiger partial charge in [0.2, 0.25) is 5.91 Å². The summed E-state index contributed by atoms with van der Waals surface area (Å²) in [6, 6.07) is 0. The van der Waals surface area contributed by atoms with Crippen LogP contribution in [0.1, 0.15) is 32.6 Å². The third kappa shape index (κ3) is 3.90. The summed E-state index contributed by atoms with van der Waals surface area (Å²) in [7, 11) is 0. The minimum Gasteiger partial charge on any atom is -0.394 e. The van der Waals surface area contributed by atoms with Gasteiger partial charge < -0.3 is 20.0 Å². The maximum Gasteiger partial charge on any atom is 0.220 e. The van der Waals surface area contributed by atoms with Crippen LogP contribution >= 0.6 is 0 Å².